The molecule has 1 aliphatic heterocycles. The van der Waals surface area contributed by atoms with Crippen molar-refractivity contribution >= 4 is 17.2 Å². The van der Waals surface area contributed by atoms with Gasteiger partial charge >= 0.3 is 0 Å². The number of rotatable bonds is 1. The Bertz CT molecular complexity index is 605. The van der Waals surface area contributed by atoms with Crippen LogP contribution < -0.4 is 10.1 Å². The first kappa shape index (κ1) is 9.90. The third kappa shape index (κ3) is 1.56. The SMILES string of the molecule is CC(=O)c1cccc2c1Nc1ccccc1O2. The van der Waals surface area contributed by atoms with Crippen molar-refractivity contribution in [1.29, 1.82) is 0 Å². The molecule has 2 aromatic rings. The van der Waals surface area contributed by atoms with Crippen LogP contribution in [0.15, 0.2) is 42.5 Å². The summed E-state index contributed by atoms with van der Waals surface area (Å²) in [4.78, 5) is 11.5. The summed E-state index contributed by atoms with van der Waals surface area (Å²) < 4.78 is 5.75. The van der Waals surface area contributed by atoms with E-state index in [1.54, 1.807) is 13.0 Å². The summed E-state index contributed by atoms with van der Waals surface area (Å²) in [6.45, 7) is 1.55. The zero-order valence-corrected chi connectivity index (χ0v) is 9.36. The van der Waals surface area contributed by atoms with Crippen LogP contribution in [0, 0.1) is 0 Å². The number of hydrogen-bond donors (Lipinski definition) is 1. The first-order valence-corrected chi connectivity index (χ1v) is 5.43. The first-order chi connectivity index (χ1) is 8.25. The fraction of sp³-hybridized carbons (Fsp3) is 0.0714. The van der Waals surface area contributed by atoms with Crippen molar-refractivity contribution in [2.45, 2.75) is 6.92 Å². The lowest BCUT2D eigenvalue weighted by Gasteiger charge is -2.23. The molecule has 2 aromatic carbocycles. The van der Waals surface area contributed by atoms with E-state index in [0.29, 0.717) is 11.3 Å². The van der Waals surface area contributed by atoms with E-state index in [4.69, 9.17) is 4.74 Å². The third-order valence-corrected chi connectivity index (χ3v) is 2.77. The van der Waals surface area contributed by atoms with Gasteiger partial charge in [-0.05, 0) is 31.2 Å². The summed E-state index contributed by atoms with van der Waals surface area (Å²) in [6.07, 6.45) is 0. The van der Waals surface area contributed by atoms with Gasteiger partial charge < -0.3 is 10.1 Å². The molecule has 0 radical (unpaired) electrons. The molecule has 3 heteroatoms. The van der Waals surface area contributed by atoms with Crippen molar-refractivity contribution in [2.24, 2.45) is 0 Å². The fourth-order valence-corrected chi connectivity index (χ4v) is 1.95. The number of fused-ring (bicyclic) bond motifs is 2. The maximum atomic E-state index is 11.5. The van der Waals surface area contributed by atoms with E-state index in [1.807, 2.05) is 36.4 Å². The number of para-hydroxylation sites is 3. The Morgan fingerprint density at radius 2 is 1.82 bits per heavy atom. The van der Waals surface area contributed by atoms with E-state index >= 15 is 0 Å². The van der Waals surface area contributed by atoms with Crippen molar-refractivity contribution in [3.05, 3.63) is 48.0 Å². The van der Waals surface area contributed by atoms with E-state index in [1.165, 1.54) is 0 Å². The average Bonchev–Trinajstić information content (AvgIpc) is 2.35. The quantitative estimate of drug-likeness (QED) is 0.641. The van der Waals surface area contributed by atoms with Gasteiger partial charge in [-0.2, -0.15) is 0 Å². The lowest BCUT2D eigenvalue weighted by atomic mass is 10.1. The van der Waals surface area contributed by atoms with Crippen LogP contribution in [0.1, 0.15) is 17.3 Å². The Labute approximate surface area is 99.0 Å². The molecule has 0 unspecified atom stereocenters. The molecular formula is C14H11NO2. The smallest absolute Gasteiger partial charge is 0.162 e. The number of nitrogens with one attached hydrogen (secondary N) is 1. The normalized spacial score (nSPS) is 11.8. The standard InChI is InChI=1S/C14H11NO2/c1-9(16)10-5-4-8-13-14(10)15-11-6-2-3-7-12(11)17-13/h2-8,15H,1H3. The lowest BCUT2D eigenvalue weighted by molar-refractivity contribution is 0.101. The van der Waals surface area contributed by atoms with Crippen LogP contribution in [0.3, 0.4) is 0 Å². The van der Waals surface area contributed by atoms with Crippen molar-refractivity contribution in [3.63, 3.8) is 0 Å². The summed E-state index contributed by atoms with van der Waals surface area (Å²) in [5.74, 6) is 1.49. The maximum absolute atomic E-state index is 11.5. The highest BCUT2D eigenvalue weighted by molar-refractivity contribution is 6.02. The highest BCUT2D eigenvalue weighted by atomic mass is 16.5. The number of carbonyl (C=O) groups is 1. The zero-order valence-electron chi connectivity index (χ0n) is 9.36. The highest BCUT2D eigenvalue weighted by Crippen LogP contribution is 2.43. The predicted octanol–water partition coefficient (Wildman–Crippen LogP) is 3.74. The van der Waals surface area contributed by atoms with Crippen LogP contribution in [-0.4, -0.2) is 5.78 Å². The number of carbonyl (C=O) groups excluding carboxylic acids is 1. The second kappa shape index (κ2) is 3.63. The van der Waals surface area contributed by atoms with E-state index in [2.05, 4.69) is 5.32 Å². The van der Waals surface area contributed by atoms with E-state index in [-0.39, 0.29) is 5.78 Å². The molecule has 0 aromatic heterocycles. The van der Waals surface area contributed by atoms with Gasteiger partial charge in [-0.3, -0.25) is 4.79 Å². The van der Waals surface area contributed by atoms with E-state index < -0.39 is 0 Å². The molecule has 1 heterocycles. The first-order valence-electron chi connectivity index (χ1n) is 5.43. The van der Waals surface area contributed by atoms with Gasteiger partial charge in [-0.25, -0.2) is 0 Å². The highest BCUT2D eigenvalue weighted by Gasteiger charge is 2.19. The molecule has 0 bridgehead atoms. The number of hydrogen-bond acceptors (Lipinski definition) is 3. The molecule has 0 spiro atoms. The molecule has 0 aliphatic carbocycles. The minimum Gasteiger partial charge on any atom is -0.453 e. The zero-order chi connectivity index (χ0) is 11.8. The summed E-state index contributed by atoms with van der Waals surface area (Å²) in [6, 6.07) is 13.1. The summed E-state index contributed by atoms with van der Waals surface area (Å²) in [5.41, 5.74) is 2.28. The van der Waals surface area contributed by atoms with Crippen LogP contribution in [0.2, 0.25) is 0 Å². The van der Waals surface area contributed by atoms with E-state index in [0.717, 1.165) is 17.1 Å². The second-order valence-electron chi connectivity index (χ2n) is 3.96. The van der Waals surface area contributed by atoms with Gasteiger partial charge in [-0.1, -0.05) is 18.2 Å². The Kier molecular flexibility index (Phi) is 2.11. The van der Waals surface area contributed by atoms with Gasteiger partial charge in [0, 0.05) is 5.56 Å². The monoisotopic (exact) mass is 225 g/mol. The molecular weight excluding hydrogens is 214 g/mol. The van der Waals surface area contributed by atoms with Crippen LogP contribution in [0.5, 0.6) is 11.5 Å². The summed E-state index contributed by atoms with van der Waals surface area (Å²) in [7, 11) is 0. The Hall–Kier alpha value is -2.29. The van der Waals surface area contributed by atoms with Crippen molar-refractivity contribution < 1.29 is 9.53 Å². The minimum atomic E-state index is 0.0253. The molecule has 3 rings (SSSR count). The molecule has 1 aliphatic rings. The van der Waals surface area contributed by atoms with Gasteiger partial charge in [0.25, 0.3) is 0 Å². The Morgan fingerprint density at radius 3 is 2.65 bits per heavy atom. The molecule has 3 nitrogen and oxygen atoms in total. The summed E-state index contributed by atoms with van der Waals surface area (Å²) >= 11 is 0. The number of Topliss-reactive ketones (excluding diaryl/α,β-unsaturated/α-hetero) is 1. The summed E-state index contributed by atoms with van der Waals surface area (Å²) in [5, 5.41) is 3.24. The van der Waals surface area contributed by atoms with Gasteiger partial charge in [0.15, 0.2) is 17.3 Å². The maximum Gasteiger partial charge on any atom is 0.162 e. The van der Waals surface area contributed by atoms with Gasteiger partial charge in [0.2, 0.25) is 0 Å². The molecule has 1 N–H and O–H groups in total. The van der Waals surface area contributed by atoms with Crippen molar-refractivity contribution in [1.82, 2.24) is 0 Å². The van der Waals surface area contributed by atoms with Gasteiger partial charge in [-0.15, -0.1) is 0 Å². The number of ether oxygens (including phenoxy) is 1. The molecule has 0 fully saturated rings. The van der Waals surface area contributed by atoms with Crippen LogP contribution in [0.4, 0.5) is 11.4 Å². The minimum absolute atomic E-state index is 0.0253. The topological polar surface area (TPSA) is 38.3 Å². The molecule has 0 saturated heterocycles. The second-order valence-corrected chi connectivity index (χ2v) is 3.96. The van der Waals surface area contributed by atoms with Gasteiger partial charge in [0.1, 0.15) is 0 Å². The predicted molar refractivity (Wildman–Crippen MR) is 66.2 cm³/mol. The fourth-order valence-electron chi connectivity index (χ4n) is 1.95. The number of anilines is 2. The number of ketones is 1. The molecule has 84 valence electrons. The Morgan fingerprint density at radius 1 is 1.06 bits per heavy atom. The van der Waals surface area contributed by atoms with Crippen molar-refractivity contribution in [2.75, 3.05) is 5.32 Å². The molecule has 0 saturated carbocycles. The van der Waals surface area contributed by atoms with Crippen LogP contribution in [0.25, 0.3) is 0 Å². The molecule has 0 atom stereocenters. The lowest BCUT2D eigenvalue weighted by Crippen LogP contribution is -2.07. The van der Waals surface area contributed by atoms with E-state index in [9.17, 15) is 4.79 Å². The van der Waals surface area contributed by atoms with Crippen LogP contribution >= 0.6 is 0 Å². The molecule has 0 amide bonds. The molecule has 17 heavy (non-hydrogen) atoms. The number of benzene rings is 2. The van der Waals surface area contributed by atoms with Gasteiger partial charge in [0.05, 0.1) is 11.4 Å². The Balaban J connectivity index is 2.15. The largest absolute Gasteiger partial charge is 0.453 e. The van der Waals surface area contributed by atoms with Crippen molar-refractivity contribution in [3.8, 4) is 11.5 Å². The van der Waals surface area contributed by atoms with Crippen LogP contribution in [-0.2, 0) is 0 Å². The average molecular weight is 225 g/mol. The third-order valence-electron chi connectivity index (χ3n) is 2.77.